The molecule has 0 radical (unpaired) electrons. The van der Waals surface area contributed by atoms with E-state index in [-0.39, 0.29) is 6.10 Å². The Morgan fingerprint density at radius 2 is 1.68 bits per heavy atom. The van der Waals surface area contributed by atoms with E-state index in [1.165, 1.54) is 4.31 Å². The van der Waals surface area contributed by atoms with E-state index in [2.05, 4.69) is 0 Å². The maximum absolute atomic E-state index is 12.8. The molecule has 2 atom stereocenters. The van der Waals surface area contributed by atoms with Crippen LogP contribution in [0.25, 0.3) is 0 Å². The first-order valence-electron chi connectivity index (χ1n) is 7.27. The smallest absolute Gasteiger partial charge is 0.245 e. The van der Waals surface area contributed by atoms with Crippen molar-refractivity contribution in [1.82, 2.24) is 4.31 Å². The van der Waals surface area contributed by atoms with E-state index >= 15 is 0 Å². The fraction of sp³-hybridized carbons (Fsp3) is 0.294. The lowest BCUT2D eigenvalue weighted by Gasteiger charge is -2.19. The van der Waals surface area contributed by atoms with Crippen LogP contribution in [0, 0.1) is 6.92 Å². The molecule has 1 saturated heterocycles. The van der Waals surface area contributed by atoms with Crippen molar-refractivity contribution in [2.45, 2.75) is 31.1 Å². The van der Waals surface area contributed by atoms with E-state index in [0.29, 0.717) is 11.4 Å². The summed E-state index contributed by atoms with van der Waals surface area (Å²) < 4.78 is 32.8. The molecule has 1 aliphatic heterocycles. The average Bonchev–Trinajstić information content (AvgIpc) is 2.91. The summed E-state index contributed by atoms with van der Waals surface area (Å²) in [6.07, 6.45) is -0.701. The first kappa shape index (κ1) is 15.2. The Bertz CT molecular complexity index is 741. The van der Waals surface area contributed by atoms with Gasteiger partial charge in [-0.3, -0.25) is 0 Å². The van der Waals surface area contributed by atoms with Crippen LogP contribution in [0.2, 0.25) is 0 Å². The van der Waals surface area contributed by atoms with E-state index in [9.17, 15) is 8.42 Å². The Hall–Kier alpha value is -1.69. The topological polar surface area (TPSA) is 46.6 Å². The van der Waals surface area contributed by atoms with Crippen LogP contribution in [0.5, 0.6) is 0 Å². The lowest BCUT2D eigenvalue weighted by atomic mass is 10.1. The molecular formula is C17H19NO3S. The van der Waals surface area contributed by atoms with Crippen LogP contribution in [-0.4, -0.2) is 25.5 Å². The van der Waals surface area contributed by atoms with E-state index in [1.54, 1.807) is 19.1 Å². The van der Waals surface area contributed by atoms with Crippen molar-refractivity contribution in [2.24, 2.45) is 0 Å². The molecule has 1 fully saturated rings. The Morgan fingerprint density at radius 1 is 1.05 bits per heavy atom. The molecule has 0 saturated carbocycles. The van der Waals surface area contributed by atoms with Crippen LogP contribution < -0.4 is 0 Å². The Balaban J connectivity index is 1.87. The van der Waals surface area contributed by atoms with E-state index < -0.39 is 16.3 Å². The highest BCUT2D eigenvalue weighted by molar-refractivity contribution is 7.89. The van der Waals surface area contributed by atoms with Crippen LogP contribution in [0.1, 0.15) is 24.2 Å². The second-order valence-corrected chi connectivity index (χ2v) is 7.41. The third-order valence-electron chi connectivity index (χ3n) is 3.91. The quantitative estimate of drug-likeness (QED) is 0.874. The summed E-state index contributed by atoms with van der Waals surface area (Å²) in [5.74, 6) is 0. The molecule has 0 bridgehead atoms. The molecule has 0 N–H and O–H groups in total. The number of benzene rings is 2. The van der Waals surface area contributed by atoms with Crippen LogP contribution >= 0.6 is 0 Å². The van der Waals surface area contributed by atoms with Gasteiger partial charge in [0.2, 0.25) is 10.0 Å². The normalized spacial score (nSPS) is 22.8. The van der Waals surface area contributed by atoms with Crippen molar-refractivity contribution in [3.05, 3.63) is 65.7 Å². The number of rotatable bonds is 3. The predicted octanol–water partition coefficient (Wildman–Crippen LogP) is 3.10. The third-order valence-corrected chi connectivity index (χ3v) is 5.84. The highest BCUT2D eigenvalue weighted by atomic mass is 32.2. The summed E-state index contributed by atoms with van der Waals surface area (Å²) in [6.45, 7) is 4.04. The molecule has 1 unspecified atom stereocenters. The Morgan fingerprint density at radius 3 is 2.32 bits per heavy atom. The zero-order chi connectivity index (χ0) is 15.7. The molecule has 1 heterocycles. The van der Waals surface area contributed by atoms with Gasteiger partial charge in [0.1, 0.15) is 6.23 Å². The van der Waals surface area contributed by atoms with Crippen LogP contribution in [-0.2, 0) is 14.8 Å². The summed E-state index contributed by atoms with van der Waals surface area (Å²) >= 11 is 0. The fourth-order valence-electron chi connectivity index (χ4n) is 2.65. The summed E-state index contributed by atoms with van der Waals surface area (Å²) in [6, 6.07) is 16.6. The number of ether oxygens (including phenoxy) is 1. The van der Waals surface area contributed by atoms with Gasteiger partial charge in [-0.25, -0.2) is 8.42 Å². The zero-order valence-corrected chi connectivity index (χ0v) is 13.5. The molecular weight excluding hydrogens is 298 g/mol. The van der Waals surface area contributed by atoms with Crippen molar-refractivity contribution in [3.63, 3.8) is 0 Å². The molecule has 116 valence electrons. The minimum Gasteiger partial charge on any atom is -0.353 e. The SMILES string of the molecule is Cc1ccc(S(=O)(=O)N2CC(c3ccccc3)O[C@H]2C)cc1. The second-order valence-electron chi connectivity index (χ2n) is 5.52. The van der Waals surface area contributed by atoms with Crippen molar-refractivity contribution in [1.29, 1.82) is 0 Å². The van der Waals surface area contributed by atoms with Crippen molar-refractivity contribution in [3.8, 4) is 0 Å². The van der Waals surface area contributed by atoms with Gasteiger partial charge in [0.25, 0.3) is 0 Å². The average molecular weight is 317 g/mol. The lowest BCUT2D eigenvalue weighted by molar-refractivity contribution is 0.0344. The molecule has 0 spiro atoms. The lowest BCUT2D eigenvalue weighted by Crippen LogP contribution is -2.34. The predicted molar refractivity (Wildman–Crippen MR) is 84.8 cm³/mol. The van der Waals surface area contributed by atoms with E-state index in [1.807, 2.05) is 49.4 Å². The molecule has 2 aromatic rings. The van der Waals surface area contributed by atoms with Crippen molar-refractivity contribution >= 4 is 10.0 Å². The van der Waals surface area contributed by atoms with Crippen molar-refractivity contribution < 1.29 is 13.2 Å². The van der Waals surface area contributed by atoms with Gasteiger partial charge in [0.15, 0.2) is 0 Å². The van der Waals surface area contributed by atoms with Crippen LogP contribution in [0.4, 0.5) is 0 Å². The molecule has 0 aliphatic carbocycles. The number of aryl methyl sites for hydroxylation is 1. The second kappa shape index (κ2) is 5.83. The largest absolute Gasteiger partial charge is 0.353 e. The molecule has 5 heteroatoms. The number of nitrogens with zero attached hydrogens (tertiary/aromatic N) is 1. The van der Waals surface area contributed by atoms with E-state index in [0.717, 1.165) is 11.1 Å². The molecule has 1 aliphatic rings. The molecule has 3 rings (SSSR count). The maximum atomic E-state index is 12.8. The Labute approximate surface area is 131 Å². The van der Waals surface area contributed by atoms with E-state index in [4.69, 9.17) is 4.74 Å². The maximum Gasteiger partial charge on any atom is 0.245 e. The van der Waals surface area contributed by atoms with Crippen molar-refractivity contribution in [2.75, 3.05) is 6.54 Å². The third kappa shape index (κ3) is 2.79. The van der Waals surface area contributed by atoms with Gasteiger partial charge in [-0.1, -0.05) is 48.0 Å². The van der Waals surface area contributed by atoms with Gasteiger partial charge in [-0.15, -0.1) is 0 Å². The van der Waals surface area contributed by atoms with Crippen LogP contribution in [0.15, 0.2) is 59.5 Å². The summed E-state index contributed by atoms with van der Waals surface area (Å²) in [5.41, 5.74) is 2.03. The van der Waals surface area contributed by atoms with Crippen LogP contribution in [0.3, 0.4) is 0 Å². The van der Waals surface area contributed by atoms with Gasteiger partial charge in [0, 0.05) is 6.54 Å². The molecule has 22 heavy (non-hydrogen) atoms. The summed E-state index contributed by atoms with van der Waals surface area (Å²) in [7, 11) is -3.54. The molecule has 0 aromatic heterocycles. The molecule has 2 aromatic carbocycles. The first-order chi connectivity index (χ1) is 10.5. The molecule has 0 amide bonds. The monoisotopic (exact) mass is 317 g/mol. The van der Waals surface area contributed by atoms with Gasteiger partial charge in [0.05, 0.1) is 11.0 Å². The van der Waals surface area contributed by atoms with Gasteiger partial charge in [-0.2, -0.15) is 4.31 Å². The first-order valence-corrected chi connectivity index (χ1v) is 8.71. The fourth-order valence-corrected chi connectivity index (χ4v) is 4.17. The zero-order valence-electron chi connectivity index (χ0n) is 12.6. The minimum atomic E-state index is -3.54. The molecule has 4 nitrogen and oxygen atoms in total. The summed E-state index contributed by atoms with van der Waals surface area (Å²) in [4.78, 5) is 0.308. The van der Waals surface area contributed by atoms with Gasteiger partial charge < -0.3 is 4.74 Å². The number of hydrogen-bond donors (Lipinski definition) is 0. The van der Waals surface area contributed by atoms with Gasteiger partial charge >= 0.3 is 0 Å². The summed E-state index contributed by atoms with van der Waals surface area (Å²) in [5, 5.41) is 0. The highest BCUT2D eigenvalue weighted by Crippen LogP contribution is 2.32. The highest BCUT2D eigenvalue weighted by Gasteiger charge is 2.39. The standard InChI is InChI=1S/C17H19NO3S/c1-13-8-10-16(11-9-13)22(19,20)18-12-17(21-14(18)2)15-6-4-3-5-7-15/h3-11,14,17H,12H2,1-2H3/t14-,17?/m0/s1. The number of sulfonamides is 1. The number of hydrogen-bond acceptors (Lipinski definition) is 3. The minimum absolute atomic E-state index is 0.226. The van der Waals surface area contributed by atoms with Gasteiger partial charge in [-0.05, 0) is 31.5 Å². The Kier molecular flexibility index (Phi) is 4.04.